The summed E-state index contributed by atoms with van der Waals surface area (Å²) in [6.45, 7) is 0.999. The monoisotopic (exact) mass is 529 g/mol. The van der Waals surface area contributed by atoms with Crippen molar-refractivity contribution in [2.45, 2.75) is 44.1 Å². The molecule has 8 nitrogen and oxygen atoms in total. The first kappa shape index (κ1) is 25.8. The highest BCUT2D eigenvalue weighted by Gasteiger charge is 2.71. The van der Waals surface area contributed by atoms with Gasteiger partial charge in [-0.15, -0.1) is 0 Å². The number of aliphatic hydroxyl groups is 4. The number of para-hydroxylation sites is 2. The van der Waals surface area contributed by atoms with Gasteiger partial charge < -0.3 is 35.0 Å². The van der Waals surface area contributed by atoms with Crippen LogP contribution in [0.3, 0.4) is 0 Å². The third kappa shape index (κ3) is 4.57. The molecule has 5 atom stereocenters. The summed E-state index contributed by atoms with van der Waals surface area (Å²) in [5.41, 5.74) is 4.13. The van der Waals surface area contributed by atoms with Crippen LogP contribution in [0.5, 0.6) is 5.75 Å². The molecule has 2 saturated carbocycles. The van der Waals surface area contributed by atoms with Crippen molar-refractivity contribution in [1.29, 1.82) is 0 Å². The molecular weight excluding hydrogens is 494 g/mol. The fourth-order valence-corrected chi connectivity index (χ4v) is 6.22. The largest absolute Gasteiger partial charge is 0.493 e. The lowest BCUT2D eigenvalue weighted by Crippen LogP contribution is -2.35. The molecule has 2 aliphatic carbocycles. The molecule has 0 spiro atoms. The zero-order valence-electron chi connectivity index (χ0n) is 21.8. The lowest BCUT2D eigenvalue weighted by Gasteiger charge is -2.25. The molecule has 0 saturated heterocycles. The second-order valence-electron chi connectivity index (χ2n) is 10.8. The number of hydrogen-bond donors (Lipinski definition) is 5. The molecule has 2 fully saturated rings. The number of rotatable bonds is 11. The second kappa shape index (κ2) is 10.6. The Morgan fingerprint density at radius 2 is 1.77 bits per heavy atom. The number of hydrogen-bond acceptors (Lipinski definition) is 7. The van der Waals surface area contributed by atoms with Crippen LogP contribution in [-0.2, 0) is 6.54 Å². The molecule has 1 aromatic heterocycles. The van der Waals surface area contributed by atoms with Crippen molar-refractivity contribution < 1.29 is 25.2 Å². The number of aromatic nitrogens is 2. The van der Waals surface area contributed by atoms with E-state index >= 15 is 0 Å². The zero-order valence-corrected chi connectivity index (χ0v) is 21.8. The van der Waals surface area contributed by atoms with Crippen molar-refractivity contribution in [1.82, 2.24) is 9.55 Å². The Bertz CT molecular complexity index is 1440. The second-order valence-corrected chi connectivity index (χ2v) is 10.8. The standard InChI is InChI=1S/C31H35N3O5/c35-14-6-7-15-39-26-16-20(12-13-22(26)21-8-2-1-3-9-21)18-32-30-33-24-10-4-5-11-25(24)34(30)27-23-17-31(23,19-36)29(38)28(27)37/h1-5,8-13,16,23,27-29,35-38H,6-7,14-15,17-19H2,(H,32,33)/t23-,27-,28+,29+,31+/m1/s1. The molecule has 0 unspecified atom stereocenters. The lowest BCUT2D eigenvalue weighted by molar-refractivity contribution is -0.0298. The maximum Gasteiger partial charge on any atom is 0.204 e. The van der Waals surface area contributed by atoms with Crippen LogP contribution in [0.4, 0.5) is 5.95 Å². The number of imidazole rings is 1. The maximum absolute atomic E-state index is 11.0. The van der Waals surface area contributed by atoms with Gasteiger partial charge in [0.25, 0.3) is 0 Å². The first-order chi connectivity index (χ1) is 19.1. The molecule has 5 N–H and O–H groups in total. The van der Waals surface area contributed by atoms with Crippen LogP contribution in [0.1, 0.15) is 30.9 Å². The summed E-state index contributed by atoms with van der Waals surface area (Å²) in [5, 5.41) is 44.4. The van der Waals surface area contributed by atoms with Crippen LogP contribution in [0.25, 0.3) is 22.2 Å². The van der Waals surface area contributed by atoms with Gasteiger partial charge in [0.1, 0.15) is 11.9 Å². The molecule has 3 aromatic carbocycles. The number of nitrogens with zero attached hydrogens (tertiary/aromatic N) is 2. The van der Waals surface area contributed by atoms with Crippen LogP contribution in [0.15, 0.2) is 72.8 Å². The number of aliphatic hydroxyl groups excluding tert-OH is 4. The highest BCUT2D eigenvalue weighted by atomic mass is 16.5. The maximum atomic E-state index is 11.0. The Balaban J connectivity index is 1.29. The highest BCUT2D eigenvalue weighted by Crippen LogP contribution is 2.67. The Morgan fingerprint density at radius 3 is 2.54 bits per heavy atom. The fourth-order valence-electron chi connectivity index (χ4n) is 6.22. The van der Waals surface area contributed by atoms with E-state index in [0.717, 1.165) is 39.9 Å². The Labute approximate surface area is 227 Å². The molecular formula is C31H35N3O5. The topological polar surface area (TPSA) is 120 Å². The van der Waals surface area contributed by atoms with Crippen LogP contribution < -0.4 is 10.1 Å². The third-order valence-corrected chi connectivity index (χ3v) is 8.43. The molecule has 4 aromatic rings. The van der Waals surface area contributed by atoms with E-state index in [0.29, 0.717) is 31.9 Å². The van der Waals surface area contributed by atoms with Crippen molar-refractivity contribution in [3.05, 3.63) is 78.4 Å². The van der Waals surface area contributed by atoms with Gasteiger partial charge in [-0.25, -0.2) is 4.98 Å². The minimum absolute atomic E-state index is 0.0188. The van der Waals surface area contributed by atoms with Crippen LogP contribution in [0.2, 0.25) is 0 Å². The van der Waals surface area contributed by atoms with Gasteiger partial charge in [-0.3, -0.25) is 0 Å². The number of benzene rings is 3. The van der Waals surface area contributed by atoms with Gasteiger partial charge in [-0.1, -0.05) is 54.6 Å². The number of nitrogens with one attached hydrogen (secondary N) is 1. The van der Waals surface area contributed by atoms with Crippen molar-refractivity contribution in [3.8, 4) is 16.9 Å². The van der Waals surface area contributed by atoms with Gasteiger partial charge in [0.05, 0.1) is 36.4 Å². The number of anilines is 1. The van der Waals surface area contributed by atoms with E-state index < -0.39 is 17.6 Å². The van der Waals surface area contributed by atoms with E-state index in [-0.39, 0.29) is 25.2 Å². The van der Waals surface area contributed by atoms with E-state index in [9.17, 15) is 15.3 Å². The molecule has 0 amide bonds. The smallest absolute Gasteiger partial charge is 0.204 e. The van der Waals surface area contributed by atoms with Crippen LogP contribution >= 0.6 is 0 Å². The van der Waals surface area contributed by atoms with E-state index in [2.05, 4.69) is 29.6 Å². The number of fused-ring (bicyclic) bond motifs is 2. The lowest BCUT2D eigenvalue weighted by atomic mass is 10.0. The summed E-state index contributed by atoms with van der Waals surface area (Å²) in [6, 6.07) is 23.7. The minimum Gasteiger partial charge on any atom is -0.493 e. The van der Waals surface area contributed by atoms with Gasteiger partial charge in [0, 0.05) is 24.1 Å². The van der Waals surface area contributed by atoms with Gasteiger partial charge in [0.15, 0.2) is 0 Å². The molecule has 0 radical (unpaired) electrons. The Kier molecular flexibility index (Phi) is 7.03. The normalized spacial score (nSPS) is 25.5. The average molecular weight is 530 g/mol. The van der Waals surface area contributed by atoms with E-state index in [1.54, 1.807) is 0 Å². The number of ether oxygens (including phenoxy) is 1. The van der Waals surface area contributed by atoms with Crippen LogP contribution in [0, 0.1) is 11.3 Å². The summed E-state index contributed by atoms with van der Waals surface area (Å²) in [7, 11) is 0. The SMILES string of the molecule is OCCCCOc1cc(CNc2nc3ccccc3n2[C@H]2[C@H](O)[C@H](O)[C@]3(CO)C[C@H]23)ccc1-c1ccccc1. The quantitative estimate of drug-likeness (QED) is 0.188. The Morgan fingerprint density at radius 1 is 0.974 bits per heavy atom. The van der Waals surface area contributed by atoms with Crippen LogP contribution in [-0.4, -0.2) is 62.0 Å². The predicted molar refractivity (Wildman–Crippen MR) is 149 cm³/mol. The predicted octanol–water partition coefficient (Wildman–Crippen LogP) is 3.74. The van der Waals surface area contributed by atoms with E-state index in [1.165, 1.54) is 0 Å². The van der Waals surface area contributed by atoms with Crippen molar-refractivity contribution in [2.24, 2.45) is 11.3 Å². The molecule has 204 valence electrons. The average Bonchev–Trinajstić information content (AvgIpc) is 3.54. The van der Waals surface area contributed by atoms with Crippen molar-refractivity contribution in [2.75, 3.05) is 25.1 Å². The first-order valence-corrected chi connectivity index (χ1v) is 13.7. The summed E-state index contributed by atoms with van der Waals surface area (Å²) in [4.78, 5) is 4.83. The molecule has 2 aliphatic rings. The molecule has 8 heteroatoms. The van der Waals surface area contributed by atoms with Crippen molar-refractivity contribution >= 4 is 17.0 Å². The zero-order chi connectivity index (χ0) is 27.0. The number of unbranched alkanes of at least 4 members (excludes halogenated alkanes) is 1. The van der Waals surface area contributed by atoms with Gasteiger partial charge >= 0.3 is 0 Å². The van der Waals surface area contributed by atoms with E-state index in [1.807, 2.05) is 53.1 Å². The molecule has 39 heavy (non-hydrogen) atoms. The Hall–Kier alpha value is -3.43. The summed E-state index contributed by atoms with van der Waals surface area (Å²) < 4.78 is 8.17. The summed E-state index contributed by atoms with van der Waals surface area (Å²) >= 11 is 0. The fraction of sp³-hybridized carbons (Fsp3) is 0.387. The van der Waals surface area contributed by atoms with E-state index in [4.69, 9.17) is 14.8 Å². The van der Waals surface area contributed by atoms with Gasteiger partial charge in [0.2, 0.25) is 5.95 Å². The molecule has 6 rings (SSSR count). The highest BCUT2D eigenvalue weighted by molar-refractivity contribution is 5.79. The molecule has 0 bridgehead atoms. The summed E-state index contributed by atoms with van der Waals surface area (Å²) in [6.07, 6.45) is 0.179. The minimum atomic E-state index is -0.988. The van der Waals surface area contributed by atoms with Crippen molar-refractivity contribution in [3.63, 3.8) is 0 Å². The molecule has 0 aliphatic heterocycles. The summed E-state index contributed by atoms with van der Waals surface area (Å²) in [5.74, 6) is 1.38. The molecule has 1 heterocycles. The van der Waals surface area contributed by atoms with Gasteiger partial charge in [-0.2, -0.15) is 0 Å². The first-order valence-electron chi connectivity index (χ1n) is 13.7. The third-order valence-electron chi connectivity index (χ3n) is 8.43. The van der Waals surface area contributed by atoms with Gasteiger partial charge in [-0.05, 0) is 54.5 Å².